The van der Waals surface area contributed by atoms with Gasteiger partial charge in [-0.25, -0.2) is 21.9 Å². The molecule has 0 aliphatic heterocycles. The first-order valence-corrected chi connectivity index (χ1v) is 8.43. The van der Waals surface area contributed by atoms with Crippen molar-refractivity contribution in [1.29, 1.82) is 0 Å². The molecule has 114 valence electrons. The van der Waals surface area contributed by atoms with Crippen molar-refractivity contribution in [2.45, 2.75) is 17.4 Å². The Labute approximate surface area is 120 Å². The zero-order valence-corrected chi connectivity index (χ0v) is 12.6. The fraction of sp³-hybridized carbons (Fsp3) is 0.455. The summed E-state index contributed by atoms with van der Waals surface area (Å²) in [5, 5.41) is 9.87. The average Bonchev–Trinajstić information content (AvgIpc) is 2.34. The molecule has 0 saturated carbocycles. The van der Waals surface area contributed by atoms with Crippen molar-refractivity contribution < 1.29 is 22.3 Å². The number of hydrogen-bond donors (Lipinski definition) is 3. The summed E-state index contributed by atoms with van der Waals surface area (Å²) in [6.45, 7) is 1.15. The van der Waals surface area contributed by atoms with Crippen LogP contribution < -0.4 is 10.5 Å². The molecule has 0 fully saturated rings. The van der Waals surface area contributed by atoms with Gasteiger partial charge in [-0.2, -0.15) is 11.8 Å². The first kappa shape index (κ1) is 17.2. The van der Waals surface area contributed by atoms with Gasteiger partial charge in [0, 0.05) is 12.3 Å². The summed E-state index contributed by atoms with van der Waals surface area (Å²) in [4.78, 5) is -0.753. The molecule has 0 aliphatic rings. The van der Waals surface area contributed by atoms with Crippen LogP contribution in [0.15, 0.2) is 17.0 Å². The summed E-state index contributed by atoms with van der Waals surface area (Å²) < 4.78 is 52.6. The molecule has 0 heterocycles. The van der Waals surface area contributed by atoms with Crippen LogP contribution >= 0.6 is 11.8 Å². The molecule has 0 amide bonds. The number of nitrogens with two attached hydrogens (primary N) is 1. The van der Waals surface area contributed by atoms with Crippen molar-refractivity contribution >= 4 is 27.5 Å². The lowest BCUT2D eigenvalue weighted by atomic mass is 10.1. The van der Waals surface area contributed by atoms with Gasteiger partial charge in [0.1, 0.15) is 16.4 Å². The smallest absolute Gasteiger partial charge is 0.243 e. The Morgan fingerprint density at radius 3 is 2.60 bits per heavy atom. The third-order valence-electron chi connectivity index (χ3n) is 2.48. The minimum Gasteiger partial charge on any atom is -0.394 e. The zero-order valence-electron chi connectivity index (χ0n) is 11.0. The van der Waals surface area contributed by atoms with E-state index in [0.29, 0.717) is 5.75 Å². The van der Waals surface area contributed by atoms with Gasteiger partial charge in [-0.1, -0.05) is 0 Å². The van der Waals surface area contributed by atoms with E-state index in [1.54, 1.807) is 6.26 Å². The highest BCUT2D eigenvalue weighted by atomic mass is 32.2. The molecule has 1 aromatic carbocycles. The van der Waals surface area contributed by atoms with Gasteiger partial charge in [0.2, 0.25) is 10.0 Å². The Kier molecular flexibility index (Phi) is 5.36. The first-order valence-electron chi connectivity index (χ1n) is 5.55. The van der Waals surface area contributed by atoms with E-state index in [1.165, 1.54) is 18.7 Å². The van der Waals surface area contributed by atoms with Crippen LogP contribution in [0.5, 0.6) is 0 Å². The normalized spacial score (nSPS) is 15.1. The van der Waals surface area contributed by atoms with Crippen molar-refractivity contribution in [3.05, 3.63) is 23.8 Å². The van der Waals surface area contributed by atoms with Crippen molar-refractivity contribution in [3.63, 3.8) is 0 Å². The molecule has 1 unspecified atom stereocenters. The van der Waals surface area contributed by atoms with Gasteiger partial charge < -0.3 is 10.8 Å². The maximum Gasteiger partial charge on any atom is 0.243 e. The van der Waals surface area contributed by atoms with Crippen LogP contribution in [0, 0.1) is 11.6 Å². The fourth-order valence-electron chi connectivity index (χ4n) is 1.45. The van der Waals surface area contributed by atoms with E-state index in [-0.39, 0.29) is 6.54 Å². The van der Waals surface area contributed by atoms with Gasteiger partial charge in [0.15, 0.2) is 5.82 Å². The molecule has 0 radical (unpaired) electrons. The Morgan fingerprint density at radius 2 is 2.05 bits per heavy atom. The Morgan fingerprint density at radius 1 is 1.45 bits per heavy atom. The Balaban J connectivity index is 2.99. The molecular formula is C11H16F2N2O3S2. The lowest BCUT2D eigenvalue weighted by Crippen LogP contribution is -2.42. The maximum atomic E-state index is 13.7. The molecule has 0 spiro atoms. The molecule has 1 rings (SSSR count). The number of anilines is 1. The number of rotatable bonds is 6. The van der Waals surface area contributed by atoms with Gasteiger partial charge in [-0.05, 0) is 25.3 Å². The molecule has 9 heteroatoms. The van der Waals surface area contributed by atoms with Gasteiger partial charge in [-0.3, -0.25) is 0 Å². The number of thioether (sulfide) groups is 1. The largest absolute Gasteiger partial charge is 0.394 e. The SMILES string of the molecule is CSCC(C)(O)CNS(=O)(=O)c1ccc(F)c(N)c1F. The van der Waals surface area contributed by atoms with Crippen LogP contribution in [-0.4, -0.2) is 37.7 Å². The second-order valence-electron chi connectivity index (χ2n) is 4.53. The summed E-state index contributed by atoms with van der Waals surface area (Å²) in [6, 6.07) is 1.56. The average molecular weight is 326 g/mol. The molecule has 0 saturated heterocycles. The van der Waals surface area contributed by atoms with Crippen LogP contribution in [0.1, 0.15) is 6.92 Å². The third-order valence-corrected chi connectivity index (χ3v) is 4.81. The van der Waals surface area contributed by atoms with Crippen LogP contribution in [0.3, 0.4) is 0 Å². The number of nitrogen functional groups attached to an aromatic ring is 1. The Bertz CT molecular complexity index is 592. The molecule has 0 aliphatic carbocycles. The number of benzene rings is 1. The maximum absolute atomic E-state index is 13.7. The van der Waals surface area contributed by atoms with Gasteiger partial charge in [-0.15, -0.1) is 0 Å². The van der Waals surface area contributed by atoms with Crippen molar-refractivity contribution in [1.82, 2.24) is 4.72 Å². The molecule has 1 aromatic rings. The van der Waals surface area contributed by atoms with Crippen molar-refractivity contribution in [3.8, 4) is 0 Å². The summed E-state index contributed by atoms with van der Waals surface area (Å²) in [7, 11) is -4.22. The fourth-order valence-corrected chi connectivity index (χ4v) is 3.42. The zero-order chi connectivity index (χ0) is 15.6. The van der Waals surface area contributed by atoms with E-state index in [1.807, 2.05) is 0 Å². The van der Waals surface area contributed by atoms with Crippen LogP contribution in [0.4, 0.5) is 14.5 Å². The van der Waals surface area contributed by atoms with Gasteiger partial charge in [0.05, 0.1) is 5.60 Å². The minimum absolute atomic E-state index is 0.295. The minimum atomic E-state index is -4.22. The van der Waals surface area contributed by atoms with Gasteiger partial charge in [0.25, 0.3) is 0 Å². The molecule has 0 aromatic heterocycles. The lowest BCUT2D eigenvalue weighted by molar-refractivity contribution is 0.0908. The summed E-state index contributed by atoms with van der Waals surface area (Å²) in [6.07, 6.45) is 1.75. The van der Waals surface area contributed by atoms with E-state index >= 15 is 0 Å². The third kappa shape index (κ3) is 4.05. The molecule has 4 N–H and O–H groups in total. The molecule has 0 bridgehead atoms. The number of halogens is 2. The van der Waals surface area contributed by atoms with Gasteiger partial charge >= 0.3 is 0 Å². The second-order valence-corrected chi connectivity index (χ2v) is 7.13. The molecule has 20 heavy (non-hydrogen) atoms. The quantitative estimate of drug-likeness (QED) is 0.677. The molecule has 5 nitrogen and oxygen atoms in total. The van der Waals surface area contributed by atoms with E-state index in [9.17, 15) is 22.3 Å². The van der Waals surface area contributed by atoms with Crippen LogP contribution in [0.2, 0.25) is 0 Å². The standard InChI is InChI=1S/C11H16F2N2O3S2/c1-11(16,6-19-2)5-15-20(17,18)8-4-3-7(12)10(14)9(8)13/h3-4,15-16H,5-6,14H2,1-2H3. The predicted octanol–water partition coefficient (Wildman–Crippen LogP) is 0.939. The van der Waals surface area contributed by atoms with E-state index in [0.717, 1.165) is 12.1 Å². The molecule has 1 atom stereocenters. The van der Waals surface area contributed by atoms with E-state index < -0.39 is 37.8 Å². The predicted molar refractivity (Wildman–Crippen MR) is 75.0 cm³/mol. The number of sulfonamides is 1. The van der Waals surface area contributed by atoms with Crippen molar-refractivity contribution in [2.75, 3.05) is 24.3 Å². The lowest BCUT2D eigenvalue weighted by Gasteiger charge is -2.22. The second kappa shape index (κ2) is 6.25. The summed E-state index contributed by atoms with van der Waals surface area (Å²) in [5.41, 5.74) is 2.97. The van der Waals surface area contributed by atoms with Crippen LogP contribution in [0.25, 0.3) is 0 Å². The summed E-state index contributed by atoms with van der Waals surface area (Å²) >= 11 is 1.33. The first-order chi connectivity index (χ1) is 9.10. The summed E-state index contributed by atoms with van der Waals surface area (Å²) in [5.74, 6) is -2.08. The number of hydrogen-bond acceptors (Lipinski definition) is 5. The highest BCUT2D eigenvalue weighted by molar-refractivity contribution is 7.98. The van der Waals surface area contributed by atoms with Crippen molar-refractivity contribution in [2.24, 2.45) is 0 Å². The number of nitrogens with one attached hydrogen (secondary N) is 1. The van der Waals surface area contributed by atoms with Crippen LogP contribution in [-0.2, 0) is 10.0 Å². The number of aliphatic hydroxyl groups is 1. The topological polar surface area (TPSA) is 92.4 Å². The van der Waals surface area contributed by atoms with E-state index in [4.69, 9.17) is 5.73 Å². The van der Waals surface area contributed by atoms with E-state index in [2.05, 4.69) is 4.72 Å². The molecular weight excluding hydrogens is 310 g/mol. The highest BCUT2D eigenvalue weighted by Gasteiger charge is 2.27. The highest BCUT2D eigenvalue weighted by Crippen LogP contribution is 2.23. The Hall–Kier alpha value is -0.900. The monoisotopic (exact) mass is 326 g/mol.